The van der Waals surface area contributed by atoms with Gasteiger partial charge in [-0.05, 0) is 37.1 Å². The molecule has 1 fully saturated rings. The van der Waals surface area contributed by atoms with Gasteiger partial charge in [-0.15, -0.1) is 0 Å². The molecule has 8 heteroatoms. The monoisotopic (exact) mass is 391 g/mol. The zero-order chi connectivity index (χ0) is 20.2. The fourth-order valence-corrected chi connectivity index (χ4v) is 3.43. The third kappa shape index (κ3) is 4.37. The minimum atomic E-state index is -0.0611. The first kappa shape index (κ1) is 18.9. The second kappa shape index (κ2) is 8.30. The summed E-state index contributed by atoms with van der Waals surface area (Å²) in [6.07, 6.45) is 4.54. The van der Waals surface area contributed by atoms with Crippen molar-refractivity contribution in [2.45, 2.75) is 20.3 Å². The summed E-state index contributed by atoms with van der Waals surface area (Å²) in [4.78, 5) is 25.7. The van der Waals surface area contributed by atoms with Crippen molar-refractivity contribution in [3.05, 3.63) is 60.2 Å². The normalized spacial score (nSPS) is 14.1. The molecule has 0 aliphatic carbocycles. The number of nitrogens with one attached hydrogen (secondary N) is 1. The minimum absolute atomic E-state index is 0.0611. The first-order valence-corrected chi connectivity index (χ1v) is 9.88. The van der Waals surface area contributed by atoms with E-state index >= 15 is 0 Å². The Morgan fingerprint density at radius 3 is 2.59 bits per heavy atom. The van der Waals surface area contributed by atoms with Gasteiger partial charge in [-0.2, -0.15) is 5.10 Å². The Bertz CT molecular complexity index is 978. The Balaban J connectivity index is 1.40. The van der Waals surface area contributed by atoms with Crippen LogP contribution in [0.1, 0.15) is 18.3 Å². The van der Waals surface area contributed by atoms with E-state index < -0.39 is 0 Å². The lowest BCUT2D eigenvalue weighted by Gasteiger charge is -2.35. The first-order valence-electron chi connectivity index (χ1n) is 9.88. The number of benzene rings is 1. The molecule has 4 rings (SSSR count). The second-order valence-corrected chi connectivity index (χ2v) is 7.04. The van der Waals surface area contributed by atoms with Crippen LogP contribution in [-0.4, -0.2) is 56.9 Å². The van der Waals surface area contributed by atoms with Crippen LogP contribution >= 0.6 is 0 Å². The number of hydrogen-bond donors (Lipinski definition) is 1. The molecule has 8 nitrogen and oxygen atoms in total. The fourth-order valence-electron chi connectivity index (χ4n) is 3.43. The number of carbonyl (C=O) groups is 1. The number of hydrogen-bond acceptors (Lipinski definition) is 5. The highest BCUT2D eigenvalue weighted by Gasteiger charge is 2.23. The number of aryl methyl sites for hydroxylation is 2. The predicted molar refractivity (Wildman–Crippen MR) is 113 cm³/mol. The third-order valence-corrected chi connectivity index (χ3v) is 5.03. The van der Waals surface area contributed by atoms with E-state index in [1.807, 2.05) is 48.4 Å². The van der Waals surface area contributed by atoms with E-state index in [1.165, 1.54) is 5.56 Å². The van der Waals surface area contributed by atoms with E-state index in [1.54, 1.807) is 10.9 Å². The molecule has 0 saturated carbocycles. The molecule has 1 N–H and O–H groups in total. The van der Waals surface area contributed by atoms with Gasteiger partial charge in [0.05, 0.1) is 0 Å². The van der Waals surface area contributed by atoms with E-state index in [9.17, 15) is 4.79 Å². The lowest BCUT2D eigenvalue weighted by molar-refractivity contribution is 0.208. The number of aromatic nitrogens is 4. The number of amides is 2. The summed E-state index contributed by atoms with van der Waals surface area (Å²) in [6, 6.07) is 11.7. The fraction of sp³-hybridized carbons (Fsp3) is 0.333. The molecule has 1 saturated heterocycles. The summed E-state index contributed by atoms with van der Waals surface area (Å²) >= 11 is 0. The summed E-state index contributed by atoms with van der Waals surface area (Å²) < 4.78 is 1.73. The molecule has 29 heavy (non-hydrogen) atoms. The van der Waals surface area contributed by atoms with Crippen molar-refractivity contribution in [3.8, 4) is 5.82 Å². The largest absolute Gasteiger partial charge is 0.353 e. The molecule has 0 spiro atoms. The van der Waals surface area contributed by atoms with Crippen LogP contribution in [0.4, 0.5) is 16.3 Å². The molecular weight excluding hydrogens is 366 g/mol. The van der Waals surface area contributed by atoms with Crippen LogP contribution in [0.15, 0.2) is 48.8 Å². The van der Waals surface area contributed by atoms with Gasteiger partial charge in [-0.25, -0.2) is 19.4 Å². The minimum Gasteiger partial charge on any atom is -0.353 e. The van der Waals surface area contributed by atoms with E-state index in [-0.39, 0.29) is 6.03 Å². The van der Waals surface area contributed by atoms with E-state index in [0.29, 0.717) is 18.9 Å². The van der Waals surface area contributed by atoms with Crippen LogP contribution in [0.5, 0.6) is 0 Å². The molecule has 0 bridgehead atoms. The van der Waals surface area contributed by atoms with Gasteiger partial charge >= 0.3 is 6.03 Å². The Hall–Kier alpha value is -3.42. The van der Waals surface area contributed by atoms with Crippen LogP contribution in [0.3, 0.4) is 0 Å². The maximum atomic E-state index is 12.6. The zero-order valence-electron chi connectivity index (χ0n) is 16.7. The number of piperazine rings is 1. The summed E-state index contributed by atoms with van der Waals surface area (Å²) in [5.41, 5.74) is 2.05. The Morgan fingerprint density at radius 2 is 1.86 bits per heavy atom. The van der Waals surface area contributed by atoms with Crippen molar-refractivity contribution in [2.24, 2.45) is 0 Å². The predicted octanol–water partition coefficient (Wildman–Crippen LogP) is 2.89. The van der Waals surface area contributed by atoms with Crippen LogP contribution in [0.2, 0.25) is 0 Å². The number of rotatable bonds is 4. The van der Waals surface area contributed by atoms with Crippen LogP contribution in [0.25, 0.3) is 5.82 Å². The summed E-state index contributed by atoms with van der Waals surface area (Å²) in [5.74, 6) is 2.30. The van der Waals surface area contributed by atoms with Crippen molar-refractivity contribution in [3.63, 3.8) is 0 Å². The third-order valence-electron chi connectivity index (χ3n) is 5.03. The van der Waals surface area contributed by atoms with Gasteiger partial charge < -0.3 is 15.1 Å². The lowest BCUT2D eigenvalue weighted by Crippen LogP contribution is -2.50. The summed E-state index contributed by atoms with van der Waals surface area (Å²) in [7, 11) is 0. The molecule has 1 aliphatic heterocycles. The standard InChI is InChI=1S/C21H25N7O/c1-3-17-6-4-7-18(14-17)25-21(29)27-12-10-26(11-13-27)19-15-20(24-16(2)23-19)28-9-5-8-22-28/h4-9,14-15H,3,10-13H2,1-2H3,(H,25,29). The molecule has 3 heterocycles. The highest BCUT2D eigenvalue weighted by atomic mass is 16.2. The molecule has 0 radical (unpaired) electrons. The Kier molecular flexibility index (Phi) is 5.41. The smallest absolute Gasteiger partial charge is 0.321 e. The Morgan fingerprint density at radius 1 is 1.07 bits per heavy atom. The SMILES string of the molecule is CCc1cccc(NC(=O)N2CCN(c3cc(-n4cccn4)nc(C)n3)CC2)c1. The van der Waals surface area contributed by atoms with Gasteiger partial charge in [0.2, 0.25) is 0 Å². The molecule has 150 valence electrons. The highest BCUT2D eigenvalue weighted by Crippen LogP contribution is 2.18. The number of carbonyl (C=O) groups excluding carboxylic acids is 1. The average Bonchev–Trinajstić information content (AvgIpc) is 3.28. The van der Waals surface area contributed by atoms with Gasteiger partial charge in [0.25, 0.3) is 0 Å². The second-order valence-electron chi connectivity index (χ2n) is 7.04. The van der Waals surface area contributed by atoms with Crippen molar-refractivity contribution in [1.29, 1.82) is 0 Å². The van der Waals surface area contributed by atoms with E-state index in [4.69, 9.17) is 0 Å². The Labute approximate surface area is 170 Å². The molecule has 1 aliphatic rings. The molecule has 0 unspecified atom stereocenters. The van der Waals surface area contributed by atoms with Crippen molar-refractivity contribution in [2.75, 3.05) is 36.4 Å². The lowest BCUT2D eigenvalue weighted by atomic mass is 10.1. The highest BCUT2D eigenvalue weighted by molar-refractivity contribution is 5.89. The van der Waals surface area contributed by atoms with Crippen molar-refractivity contribution >= 4 is 17.5 Å². The average molecular weight is 391 g/mol. The molecular formula is C21H25N7O. The summed E-state index contributed by atoms with van der Waals surface area (Å²) in [6.45, 7) is 6.70. The van der Waals surface area contributed by atoms with E-state index in [2.05, 4.69) is 38.3 Å². The summed E-state index contributed by atoms with van der Waals surface area (Å²) in [5, 5.41) is 7.26. The van der Waals surface area contributed by atoms with Crippen molar-refractivity contribution in [1.82, 2.24) is 24.6 Å². The maximum Gasteiger partial charge on any atom is 0.321 e. The first-order chi connectivity index (χ1) is 14.1. The van der Waals surface area contributed by atoms with Crippen LogP contribution < -0.4 is 10.2 Å². The molecule has 2 amide bonds. The molecule has 0 atom stereocenters. The molecule has 1 aromatic carbocycles. The van der Waals surface area contributed by atoms with Crippen LogP contribution in [0, 0.1) is 6.92 Å². The number of nitrogens with zero attached hydrogens (tertiary/aromatic N) is 6. The van der Waals surface area contributed by atoms with Gasteiger partial charge in [0.1, 0.15) is 11.6 Å². The zero-order valence-corrected chi connectivity index (χ0v) is 16.7. The topological polar surface area (TPSA) is 79.2 Å². The molecule has 3 aromatic rings. The molecule has 2 aromatic heterocycles. The van der Waals surface area contributed by atoms with Gasteiger partial charge in [-0.3, -0.25) is 0 Å². The quantitative estimate of drug-likeness (QED) is 0.740. The van der Waals surface area contributed by atoms with Gasteiger partial charge in [0.15, 0.2) is 5.82 Å². The van der Waals surface area contributed by atoms with E-state index in [0.717, 1.165) is 36.8 Å². The van der Waals surface area contributed by atoms with Crippen molar-refractivity contribution < 1.29 is 4.79 Å². The van der Waals surface area contributed by atoms with Gasteiger partial charge in [0, 0.05) is 50.3 Å². The van der Waals surface area contributed by atoms with Gasteiger partial charge in [-0.1, -0.05) is 19.1 Å². The van der Waals surface area contributed by atoms with Crippen LogP contribution in [-0.2, 0) is 6.42 Å². The maximum absolute atomic E-state index is 12.6. The number of urea groups is 1. The number of anilines is 2.